The van der Waals surface area contributed by atoms with E-state index in [1.807, 2.05) is 0 Å². The van der Waals surface area contributed by atoms with Gasteiger partial charge in [-0.1, -0.05) is 45.4 Å². The van der Waals surface area contributed by atoms with E-state index in [2.05, 4.69) is 19.2 Å². The van der Waals surface area contributed by atoms with E-state index >= 15 is 0 Å². The molecule has 0 radical (unpaired) electrons. The summed E-state index contributed by atoms with van der Waals surface area (Å²) in [5, 5.41) is 13.5. The van der Waals surface area contributed by atoms with Gasteiger partial charge >= 0.3 is 0 Å². The van der Waals surface area contributed by atoms with Crippen LogP contribution >= 0.6 is 0 Å². The zero-order valence-corrected chi connectivity index (χ0v) is 11.0. The number of aliphatic hydroxyl groups excluding tert-OH is 1. The van der Waals surface area contributed by atoms with Gasteiger partial charge in [-0.3, -0.25) is 0 Å². The molecule has 0 amide bonds. The number of nitrogens with one attached hydrogen (secondary N) is 1. The first kappa shape index (κ1) is 14.0. The van der Waals surface area contributed by atoms with Gasteiger partial charge in [-0.15, -0.1) is 0 Å². The van der Waals surface area contributed by atoms with Gasteiger partial charge < -0.3 is 10.4 Å². The third-order valence-corrected chi connectivity index (χ3v) is 3.72. The minimum Gasteiger partial charge on any atom is -0.392 e. The van der Waals surface area contributed by atoms with Gasteiger partial charge in [-0.2, -0.15) is 0 Å². The lowest BCUT2D eigenvalue weighted by atomic mass is 9.92. The molecule has 1 saturated carbocycles. The zero-order valence-electron chi connectivity index (χ0n) is 11.0. The Balaban J connectivity index is 2.09. The lowest BCUT2D eigenvalue weighted by Gasteiger charge is -2.31. The normalized spacial score (nSPS) is 27.9. The molecule has 0 heterocycles. The van der Waals surface area contributed by atoms with Crippen LogP contribution in [-0.4, -0.2) is 23.3 Å². The number of hydrogen-bond donors (Lipinski definition) is 2. The smallest absolute Gasteiger partial charge is 0.0693 e. The molecule has 1 aliphatic carbocycles. The van der Waals surface area contributed by atoms with Gasteiger partial charge in [0, 0.05) is 12.1 Å². The summed E-state index contributed by atoms with van der Waals surface area (Å²) in [5.41, 5.74) is 0. The van der Waals surface area contributed by atoms with Crippen LogP contribution in [0.1, 0.15) is 71.6 Å². The second-order valence-corrected chi connectivity index (χ2v) is 5.38. The molecule has 1 aliphatic rings. The molecule has 3 atom stereocenters. The first-order valence-electron chi connectivity index (χ1n) is 7.18. The van der Waals surface area contributed by atoms with Crippen LogP contribution in [0.4, 0.5) is 0 Å². The Hall–Kier alpha value is -0.0800. The summed E-state index contributed by atoms with van der Waals surface area (Å²) < 4.78 is 0. The Bertz CT molecular complexity index is 172. The summed E-state index contributed by atoms with van der Waals surface area (Å²) in [7, 11) is 0. The van der Waals surface area contributed by atoms with Crippen LogP contribution in [-0.2, 0) is 0 Å². The summed E-state index contributed by atoms with van der Waals surface area (Å²) in [6.07, 6.45) is 11.1. The van der Waals surface area contributed by atoms with Gasteiger partial charge in [0.2, 0.25) is 0 Å². The summed E-state index contributed by atoms with van der Waals surface area (Å²) in [6, 6.07) is 0.921. The van der Waals surface area contributed by atoms with Crippen molar-refractivity contribution in [3.63, 3.8) is 0 Å². The summed E-state index contributed by atoms with van der Waals surface area (Å²) in [6.45, 7) is 4.51. The maximum Gasteiger partial charge on any atom is 0.0693 e. The number of unbranched alkanes of at least 4 members (excludes halogenated alkanes) is 3. The van der Waals surface area contributed by atoms with E-state index in [1.54, 1.807) is 0 Å². The van der Waals surface area contributed by atoms with Gasteiger partial charge in [-0.05, 0) is 26.2 Å². The molecule has 2 heteroatoms. The highest BCUT2D eigenvalue weighted by atomic mass is 16.3. The molecule has 1 rings (SSSR count). The summed E-state index contributed by atoms with van der Waals surface area (Å²) in [4.78, 5) is 0. The van der Waals surface area contributed by atoms with Crippen molar-refractivity contribution in [2.45, 2.75) is 89.8 Å². The van der Waals surface area contributed by atoms with Crippen LogP contribution < -0.4 is 5.32 Å². The maximum atomic E-state index is 9.86. The van der Waals surface area contributed by atoms with Gasteiger partial charge in [0.25, 0.3) is 0 Å². The van der Waals surface area contributed by atoms with Gasteiger partial charge in [0.1, 0.15) is 0 Å². The molecular weight excluding hydrogens is 198 g/mol. The Morgan fingerprint density at radius 3 is 2.62 bits per heavy atom. The Kier molecular flexibility index (Phi) is 7.06. The molecule has 2 N–H and O–H groups in total. The van der Waals surface area contributed by atoms with Crippen LogP contribution in [0.15, 0.2) is 0 Å². The summed E-state index contributed by atoms with van der Waals surface area (Å²) in [5.74, 6) is 0. The van der Waals surface area contributed by atoms with Gasteiger partial charge in [-0.25, -0.2) is 0 Å². The highest BCUT2D eigenvalue weighted by Gasteiger charge is 2.23. The van der Waals surface area contributed by atoms with E-state index in [-0.39, 0.29) is 6.10 Å². The number of rotatable bonds is 7. The highest BCUT2D eigenvalue weighted by Crippen LogP contribution is 2.19. The highest BCUT2D eigenvalue weighted by molar-refractivity contribution is 4.82. The average Bonchev–Trinajstić information content (AvgIpc) is 2.28. The fourth-order valence-corrected chi connectivity index (χ4v) is 2.63. The van der Waals surface area contributed by atoms with Crippen molar-refractivity contribution in [2.75, 3.05) is 0 Å². The van der Waals surface area contributed by atoms with E-state index in [0.29, 0.717) is 12.1 Å². The zero-order chi connectivity index (χ0) is 11.8. The standard InChI is InChI=1S/C14H29NO/c1-3-4-5-6-9-12(2)15-13-10-7-8-11-14(13)16/h12-16H,3-11H2,1-2H3/t12?,13-,14-/m1/s1. The lowest BCUT2D eigenvalue weighted by molar-refractivity contribution is 0.0852. The summed E-state index contributed by atoms with van der Waals surface area (Å²) >= 11 is 0. The van der Waals surface area contributed by atoms with Crippen LogP contribution in [0.3, 0.4) is 0 Å². The lowest BCUT2D eigenvalue weighted by Crippen LogP contribution is -2.46. The quantitative estimate of drug-likeness (QED) is 0.654. The average molecular weight is 227 g/mol. The monoisotopic (exact) mass is 227 g/mol. The molecule has 0 bridgehead atoms. The number of aliphatic hydroxyl groups is 1. The van der Waals surface area contributed by atoms with Crippen molar-refractivity contribution in [1.29, 1.82) is 0 Å². The molecular formula is C14H29NO. The van der Waals surface area contributed by atoms with Crippen LogP contribution in [0.2, 0.25) is 0 Å². The maximum absolute atomic E-state index is 9.86. The molecule has 1 fully saturated rings. The molecule has 0 aliphatic heterocycles. The Labute approximate surface area is 101 Å². The minimum atomic E-state index is -0.105. The van der Waals surface area contributed by atoms with Crippen molar-refractivity contribution in [3.05, 3.63) is 0 Å². The van der Waals surface area contributed by atoms with E-state index in [1.165, 1.54) is 44.9 Å². The molecule has 0 aromatic carbocycles. The van der Waals surface area contributed by atoms with Crippen LogP contribution in [0, 0.1) is 0 Å². The first-order chi connectivity index (χ1) is 7.74. The van der Waals surface area contributed by atoms with E-state index in [4.69, 9.17) is 0 Å². The third kappa shape index (κ3) is 5.31. The van der Waals surface area contributed by atoms with E-state index in [0.717, 1.165) is 12.8 Å². The molecule has 1 unspecified atom stereocenters. The van der Waals surface area contributed by atoms with Crippen molar-refractivity contribution >= 4 is 0 Å². The third-order valence-electron chi connectivity index (χ3n) is 3.72. The first-order valence-corrected chi connectivity index (χ1v) is 7.18. The molecule has 0 aromatic rings. The number of hydrogen-bond acceptors (Lipinski definition) is 2. The molecule has 0 aromatic heterocycles. The largest absolute Gasteiger partial charge is 0.392 e. The Morgan fingerprint density at radius 1 is 1.19 bits per heavy atom. The van der Waals surface area contributed by atoms with Crippen LogP contribution in [0.5, 0.6) is 0 Å². The molecule has 0 saturated heterocycles. The van der Waals surface area contributed by atoms with Crippen molar-refractivity contribution in [1.82, 2.24) is 5.32 Å². The second kappa shape index (κ2) is 8.08. The fourth-order valence-electron chi connectivity index (χ4n) is 2.63. The predicted molar refractivity (Wildman–Crippen MR) is 69.6 cm³/mol. The van der Waals surface area contributed by atoms with E-state index < -0.39 is 0 Å². The van der Waals surface area contributed by atoms with Crippen LogP contribution in [0.25, 0.3) is 0 Å². The fraction of sp³-hybridized carbons (Fsp3) is 1.00. The second-order valence-electron chi connectivity index (χ2n) is 5.38. The SMILES string of the molecule is CCCCCCC(C)N[C@@H]1CCCC[C@H]1O. The van der Waals surface area contributed by atoms with Crippen molar-refractivity contribution in [2.24, 2.45) is 0 Å². The molecule has 2 nitrogen and oxygen atoms in total. The van der Waals surface area contributed by atoms with E-state index in [9.17, 15) is 5.11 Å². The molecule has 0 spiro atoms. The Morgan fingerprint density at radius 2 is 1.94 bits per heavy atom. The molecule has 96 valence electrons. The minimum absolute atomic E-state index is 0.105. The predicted octanol–water partition coefficient (Wildman–Crippen LogP) is 3.24. The van der Waals surface area contributed by atoms with Crippen molar-refractivity contribution < 1.29 is 5.11 Å². The van der Waals surface area contributed by atoms with Crippen molar-refractivity contribution in [3.8, 4) is 0 Å². The molecule has 16 heavy (non-hydrogen) atoms. The van der Waals surface area contributed by atoms with Gasteiger partial charge in [0.05, 0.1) is 6.10 Å². The van der Waals surface area contributed by atoms with Gasteiger partial charge in [0.15, 0.2) is 0 Å². The topological polar surface area (TPSA) is 32.3 Å².